The Bertz CT molecular complexity index is 399. The molecule has 0 aromatic heterocycles. The zero-order valence-corrected chi connectivity index (χ0v) is 11.2. The van der Waals surface area contributed by atoms with E-state index in [1.165, 1.54) is 18.7 Å². The number of Topliss-reactive ketones (excluding diaryl/α,β-unsaturated/α-hetero) is 1. The number of halogens is 2. The summed E-state index contributed by atoms with van der Waals surface area (Å²) in [5.41, 5.74) is -0.718. The second-order valence-electron chi connectivity index (χ2n) is 5.87. The predicted molar refractivity (Wildman–Crippen MR) is 63.7 cm³/mol. The van der Waals surface area contributed by atoms with E-state index in [1.54, 1.807) is 0 Å². The third-order valence-electron chi connectivity index (χ3n) is 4.34. The summed E-state index contributed by atoms with van der Waals surface area (Å²) in [4.78, 5) is 25.0. The smallest absolute Gasteiger partial charge is 0.248 e. The van der Waals surface area contributed by atoms with Crippen LogP contribution in [-0.2, 0) is 9.59 Å². The molecular weight excluding hydrogens is 256 g/mol. The molecule has 2 atom stereocenters. The molecule has 0 aromatic rings. The van der Waals surface area contributed by atoms with E-state index in [4.69, 9.17) is 0 Å². The van der Waals surface area contributed by atoms with Gasteiger partial charge in [-0.3, -0.25) is 9.59 Å². The van der Waals surface area contributed by atoms with Crippen molar-refractivity contribution in [1.82, 2.24) is 4.90 Å². The quantitative estimate of drug-likeness (QED) is 0.791. The highest BCUT2D eigenvalue weighted by Crippen LogP contribution is 2.50. The van der Waals surface area contributed by atoms with E-state index in [1.807, 2.05) is 0 Å². The molecule has 1 aliphatic carbocycles. The molecule has 19 heavy (non-hydrogen) atoms. The lowest BCUT2D eigenvalue weighted by atomic mass is 9.66. The molecular formula is C13H19F2NO3. The first-order valence-corrected chi connectivity index (χ1v) is 6.56. The SMILES string of the molecule is CC(=O)[C@H]([C@@H](C)O)N1CC2(CCC(F)(F)CC2)C1=O. The summed E-state index contributed by atoms with van der Waals surface area (Å²) in [5.74, 6) is -3.21. The Morgan fingerprint density at radius 3 is 2.21 bits per heavy atom. The van der Waals surface area contributed by atoms with Gasteiger partial charge >= 0.3 is 0 Å². The largest absolute Gasteiger partial charge is 0.391 e. The van der Waals surface area contributed by atoms with Gasteiger partial charge in [0.1, 0.15) is 6.04 Å². The molecule has 2 aliphatic rings. The first-order valence-electron chi connectivity index (χ1n) is 6.56. The van der Waals surface area contributed by atoms with Crippen LogP contribution in [0.2, 0.25) is 0 Å². The van der Waals surface area contributed by atoms with Crippen molar-refractivity contribution in [3.05, 3.63) is 0 Å². The Morgan fingerprint density at radius 2 is 1.84 bits per heavy atom. The number of β-lactam (4-membered cyclic amide) rings is 1. The van der Waals surface area contributed by atoms with Gasteiger partial charge in [0.15, 0.2) is 5.78 Å². The number of alkyl halides is 2. The van der Waals surface area contributed by atoms with Crippen molar-refractivity contribution in [2.75, 3.05) is 6.54 Å². The Labute approximate surface area is 110 Å². The van der Waals surface area contributed by atoms with Crippen LogP contribution < -0.4 is 0 Å². The van der Waals surface area contributed by atoms with E-state index in [9.17, 15) is 23.5 Å². The van der Waals surface area contributed by atoms with Crippen molar-refractivity contribution in [2.24, 2.45) is 5.41 Å². The monoisotopic (exact) mass is 275 g/mol. The minimum Gasteiger partial charge on any atom is -0.391 e. The molecule has 1 aliphatic heterocycles. The Hall–Kier alpha value is -1.04. The number of hydrogen-bond acceptors (Lipinski definition) is 3. The van der Waals surface area contributed by atoms with Gasteiger partial charge < -0.3 is 10.0 Å². The summed E-state index contributed by atoms with van der Waals surface area (Å²) in [5, 5.41) is 9.57. The van der Waals surface area contributed by atoms with Gasteiger partial charge in [0.05, 0.1) is 11.5 Å². The number of rotatable bonds is 3. The third-order valence-corrected chi connectivity index (χ3v) is 4.34. The van der Waals surface area contributed by atoms with Crippen molar-refractivity contribution in [1.29, 1.82) is 0 Å². The number of ketones is 1. The highest BCUT2D eigenvalue weighted by molar-refractivity contribution is 5.94. The van der Waals surface area contributed by atoms with Gasteiger partial charge in [-0.1, -0.05) is 0 Å². The standard InChI is InChI=1S/C13H19F2NO3/c1-8(17)10(9(2)18)16-7-12(11(16)19)3-5-13(14,15)6-4-12/h8,10,17H,3-7H2,1-2H3/t8-,10+/m1/s1. The molecule has 0 bridgehead atoms. The van der Waals surface area contributed by atoms with Gasteiger partial charge in [0.25, 0.3) is 0 Å². The summed E-state index contributed by atoms with van der Waals surface area (Å²) in [6, 6.07) is -0.847. The summed E-state index contributed by atoms with van der Waals surface area (Å²) < 4.78 is 26.3. The van der Waals surface area contributed by atoms with Crippen LogP contribution in [0.4, 0.5) is 8.78 Å². The number of likely N-dealkylation sites (tertiary alicyclic amines) is 1. The Balaban J connectivity index is 2.05. The molecule has 1 saturated heterocycles. The molecule has 4 nitrogen and oxygen atoms in total. The van der Waals surface area contributed by atoms with Crippen LogP contribution in [0, 0.1) is 5.41 Å². The normalized spacial score (nSPS) is 27.8. The van der Waals surface area contributed by atoms with Crippen LogP contribution in [-0.4, -0.2) is 46.3 Å². The van der Waals surface area contributed by atoms with Crippen LogP contribution in [0.3, 0.4) is 0 Å². The highest BCUT2D eigenvalue weighted by Gasteiger charge is 2.58. The average Bonchev–Trinajstić information content (AvgIpc) is 2.29. The second kappa shape index (κ2) is 4.51. The fraction of sp³-hybridized carbons (Fsp3) is 0.846. The van der Waals surface area contributed by atoms with E-state index in [2.05, 4.69) is 0 Å². The molecule has 1 spiro atoms. The number of carbonyl (C=O) groups excluding carboxylic acids is 2. The summed E-state index contributed by atoms with van der Waals surface area (Å²) in [7, 11) is 0. The summed E-state index contributed by atoms with van der Waals surface area (Å²) in [6.07, 6.45) is -1.15. The molecule has 0 radical (unpaired) electrons. The van der Waals surface area contributed by atoms with E-state index < -0.39 is 23.5 Å². The predicted octanol–water partition coefficient (Wildman–Crippen LogP) is 1.36. The number of aliphatic hydroxyl groups is 1. The van der Waals surface area contributed by atoms with E-state index >= 15 is 0 Å². The lowest BCUT2D eigenvalue weighted by Crippen LogP contribution is -2.68. The zero-order chi connectivity index (χ0) is 14.4. The molecule has 1 saturated carbocycles. The molecule has 1 N–H and O–H groups in total. The molecule has 1 amide bonds. The maximum atomic E-state index is 13.1. The first kappa shape index (κ1) is 14.4. The minimum atomic E-state index is -2.67. The van der Waals surface area contributed by atoms with Gasteiger partial charge in [0, 0.05) is 19.4 Å². The number of hydrogen-bond donors (Lipinski definition) is 1. The first-order chi connectivity index (χ1) is 8.68. The van der Waals surface area contributed by atoms with Crippen LogP contribution in [0.25, 0.3) is 0 Å². The van der Waals surface area contributed by atoms with Crippen LogP contribution in [0.15, 0.2) is 0 Å². The molecule has 1 heterocycles. The molecule has 6 heteroatoms. The molecule has 0 unspecified atom stereocenters. The van der Waals surface area contributed by atoms with Crippen molar-refractivity contribution in [3.63, 3.8) is 0 Å². The number of carbonyl (C=O) groups is 2. The van der Waals surface area contributed by atoms with Gasteiger partial charge in [-0.05, 0) is 26.7 Å². The van der Waals surface area contributed by atoms with Gasteiger partial charge in [-0.15, -0.1) is 0 Å². The highest BCUT2D eigenvalue weighted by atomic mass is 19.3. The Morgan fingerprint density at radius 1 is 1.32 bits per heavy atom. The zero-order valence-electron chi connectivity index (χ0n) is 11.2. The van der Waals surface area contributed by atoms with Gasteiger partial charge in [-0.2, -0.15) is 0 Å². The summed E-state index contributed by atoms with van der Waals surface area (Å²) in [6.45, 7) is 3.08. The lowest BCUT2D eigenvalue weighted by Gasteiger charge is -2.54. The maximum Gasteiger partial charge on any atom is 0.248 e. The van der Waals surface area contributed by atoms with Crippen molar-refractivity contribution >= 4 is 11.7 Å². The van der Waals surface area contributed by atoms with Crippen LogP contribution in [0.1, 0.15) is 39.5 Å². The second-order valence-corrected chi connectivity index (χ2v) is 5.87. The van der Waals surface area contributed by atoms with Gasteiger partial charge in [-0.25, -0.2) is 8.78 Å². The fourth-order valence-electron chi connectivity index (χ4n) is 3.19. The Kier molecular flexibility index (Phi) is 3.41. The van der Waals surface area contributed by atoms with E-state index in [0.29, 0.717) is 6.54 Å². The number of amides is 1. The molecule has 0 aromatic carbocycles. The van der Waals surface area contributed by atoms with E-state index in [-0.39, 0.29) is 37.4 Å². The number of aliphatic hydroxyl groups excluding tert-OH is 1. The third kappa shape index (κ3) is 2.38. The topological polar surface area (TPSA) is 57.6 Å². The summed E-state index contributed by atoms with van der Waals surface area (Å²) >= 11 is 0. The van der Waals surface area contributed by atoms with E-state index in [0.717, 1.165) is 0 Å². The van der Waals surface area contributed by atoms with Gasteiger partial charge in [0.2, 0.25) is 11.8 Å². The van der Waals surface area contributed by atoms with Crippen molar-refractivity contribution in [2.45, 2.75) is 57.6 Å². The van der Waals surface area contributed by atoms with Crippen molar-refractivity contribution < 1.29 is 23.5 Å². The van der Waals surface area contributed by atoms with Crippen LogP contribution in [0.5, 0.6) is 0 Å². The minimum absolute atomic E-state index is 0.166. The maximum absolute atomic E-state index is 13.1. The lowest BCUT2D eigenvalue weighted by molar-refractivity contribution is -0.182. The van der Waals surface area contributed by atoms with Crippen molar-refractivity contribution in [3.8, 4) is 0 Å². The fourth-order valence-corrected chi connectivity index (χ4v) is 3.19. The van der Waals surface area contributed by atoms with Crippen LogP contribution >= 0.6 is 0 Å². The average molecular weight is 275 g/mol. The molecule has 2 fully saturated rings. The molecule has 2 rings (SSSR count). The number of nitrogens with zero attached hydrogens (tertiary/aromatic N) is 1. The molecule has 108 valence electrons.